The predicted octanol–water partition coefficient (Wildman–Crippen LogP) is 4.91. The fourth-order valence-electron chi connectivity index (χ4n) is 4.09. The topological polar surface area (TPSA) is 96.7 Å². The van der Waals surface area contributed by atoms with Crippen molar-refractivity contribution in [1.82, 2.24) is 4.98 Å². The molecule has 0 bridgehead atoms. The molecule has 2 aromatic rings. The number of aliphatic imine (C=N–C) groups is 1. The Morgan fingerprint density at radius 3 is 2.66 bits per heavy atom. The van der Waals surface area contributed by atoms with Gasteiger partial charge in [0.05, 0.1) is 28.3 Å². The standard InChI is InChI=1S/C24H24N2O4S2/c27-18(13-21-26-14-23(32-21)31-20-6-3-9-25-20)12-17-8-7-15(11-22(28)29)10-19(17)24(30)16-4-1-2-5-16/h3,7-10,14,16H,1-2,4-6,11-13H2,(H,28,29). The number of aromatic nitrogens is 1. The lowest BCUT2D eigenvalue weighted by molar-refractivity contribution is -0.136. The van der Waals surface area contributed by atoms with Crippen LogP contribution in [0.1, 0.15) is 58.6 Å². The van der Waals surface area contributed by atoms with E-state index < -0.39 is 5.97 Å². The average Bonchev–Trinajstić information content (AvgIpc) is 3.52. The van der Waals surface area contributed by atoms with Gasteiger partial charge in [0.25, 0.3) is 0 Å². The molecule has 2 heterocycles. The summed E-state index contributed by atoms with van der Waals surface area (Å²) in [7, 11) is 0. The summed E-state index contributed by atoms with van der Waals surface area (Å²) in [5.41, 5.74) is 1.77. The monoisotopic (exact) mass is 468 g/mol. The van der Waals surface area contributed by atoms with Gasteiger partial charge in [-0.25, -0.2) is 4.98 Å². The van der Waals surface area contributed by atoms with Crippen molar-refractivity contribution >= 4 is 45.7 Å². The van der Waals surface area contributed by atoms with Gasteiger partial charge in [0.2, 0.25) is 0 Å². The van der Waals surface area contributed by atoms with Crippen LogP contribution >= 0.6 is 23.1 Å². The molecule has 1 saturated carbocycles. The Labute approximate surface area is 194 Å². The van der Waals surface area contributed by atoms with Crippen molar-refractivity contribution in [2.24, 2.45) is 10.9 Å². The molecule has 1 aliphatic heterocycles. The number of aliphatic carboxylic acids is 1. The molecule has 32 heavy (non-hydrogen) atoms. The van der Waals surface area contributed by atoms with Gasteiger partial charge in [-0.15, -0.1) is 11.3 Å². The molecule has 2 aliphatic rings. The Hall–Kier alpha value is -2.58. The van der Waals surface area contributed by atoms with Crippen LogP contribution in [0.2, 0.25) is 0 Å². The van der Waals surface area contributed by atoms with Gasteiger partial charge < -0.3 is 5.11 Å². The van der Waals surface area contributed by atoms with Gasteiger partial charge in [-0.1, -0.05) is 42.8 Å². The molecule has 1 fully saturated rings. The molecule has 0 radical (unpaired) electrons. The number of carboxylic acid groups (broad SMARTS) is 1. The van der Waals surface area contributed by atoms with Crippen LogP contribution in [-0.2, 0) is 28.9 Å². The van der Waals surface area contributed by atoms with E-state index in [-0.39, 0.29) is 36.7 Å². The van der Waals surface area contributed by atoms with Crippen LogP contribution in [0.5, 0.6) is 0 Å². The molecule has 1 N–H and O–H groups in total. The Bertz CT molecular complexity index is 1100. The Morgan fingerprint density at radius 2 is 1.94 bits per heavy atom. The Morgan fingerprint density at radius 1 is 1.12 bits per heavy atom. The highest BCUT2D eigenvalue weighted by Gasteiger charge is 2.26. The van der Waals surface area contributed by atoms with Crippen molar-refractivity contribution in [3.05, 3.63) is 58.4 Å². The SMILES string of the molecule is O=C(O)Cc1ccc(CC(=O)Cc2ncc(SC3=NC=CC3)s2)c(C(=O)C2CCCC2)c1. The summed E-state index contributed by atoms with van der Waals surface area (Å²) in [4.78, 5) is 45.7. The number of carbonyl (C=O) groups excluding carboxylic acids is 2. The normalized spacial score (nSPS) is 15.8. The fourth-order valence-corrected chi connectivity index (χ4v) is 6.14. The number of carbonyl (C=O) groups is 3. The van der Waals surface area contributed by atoms with E-state index in [4.69, 9.17) is 5.11 Å². The van der Waals surface area contributed by atoms with E-state index in [0.29, 0.717) is 16.7 Å². The van der Waals surface area contributed by atoms with E-state index in [1.165, 1.54) is 11.3 Å². The maximum atomic E-state index is 13.1. The van der Waals surface area contributed by atoms with Gasteiger partial charge in [-0.3, -0.25) is 19.4 Å². The molecule has 1 aliphatic carbocycles. The van der Waals surface area contributed by atoms with Gasteiger partial charge in [0, 0.05) is 30.5 Å². The zero-order chi connectivity index (χ0) is 22.5. The number of ketones is 2. The molecular formula is C24H24N2O4S2. The smallest absolute Gasteiger partial charge is 0.307 e. The minimum absolute atomic E-state index is 0.0118. The highest BCUT2D eigenvalue weighted by Crippen LogP contribution is 2.31. The first-order valence-electron chi connectivity index (χ1n) is 10.7. The van der Waals surface area contributed by atoms with E-state index in [2.05, 4.69) is 9.98 Å². The van der Waals surface area contributed by atoms with Gasteiger partial charge in [-0.2, -0.15) is 0 Å². The van der Waals surface area contributed by atoms with E-state index in [0.717, 1.165) is 46.4 Å². The quantitative estimate of drug-likeness (QED) is 0.526. The number of benzene rings is 1. The molecule has 4 rings (SSSR count). The van der Waals surface area contributed by atoms with Gasteiger partial charge in [-0.05, 0) is 30.0 Å². The number of thiazole rings is 1. The first-order chi connectivity index (χ1) is 15.5. The second-order valence-corrected chi connectivity index (χ2v) is 10.6. The minimum Gasteiger partial charge on any atom is -0.481 e. The second-order valence-electron chi connectivity index (χ2n) is 8.09. The van der Waals surface area contributed by atoms with Crippen LogP contribution in [0.3, 0.4) is 0 Å². The Kier molecular flexibility index (Phi) is 7.32. The van der Waals surface area contributed by atoms with Crippen molar-refractivity contribution < 1.29 is 19.5 Å². The number of thioether (sulfide) groups is 1. The molecule has 0 amide bonds. The lowest BCUT2D eigenvalue weighted by atomic mass is 9.89. The van der Waals surface area contributed by atoms with Crippen molar-refractivity contribution in [3.63, 3.8) is 0 Å². The summed E-state index contributed by atoms with van der Waals surface area (Å²) < 4.78 is 1.00. The van der Waals surface area contributed by atoms with Crippen LogP contribution < -0.4 is 0 Å². The summed E-state index contributed by atoms with van der Waals surface area (Å²) in [6.07, 6.45) is 10.4. The summed E-state index contributed by atoms with van der Waals surface area (Å²) in [6, 6.07) is 5.12. The van der Waals surface area contributed by atoms with Crippen LogP contribution in [0.15, 0.2) is 45.9 Å². The molecular weight excluding hydrogens is 444 g/mol. The Balaban J connectivity index is 1.46. The molecule has 0 unspecified atom stereocenters. The van der Waals surface area contributed by atoms with E-state index in [9.17, 15) is 14.4 Å². The number of hydrogen-bond donors (Lipinski definition) is 1. The first-order valence-corrected chi connectivity index (χ1v) is 12.3. The summed E-state index contributed by atoms with van der Waals surface area (Å²) >= 11 is 3.06. The number of rotatable bonds is 9. The van der Waals surface area contributed by atoms with Crippen LogP contribution in [0.4, 0.5) is 0 Å². The summed E-state index contributed by atoms with van der Waals surface area (Å²) in [5.74, 6) is -0.945. The highest BCUT2D eigenvalue weighted by atomic mass is 32.2. The first kappa shape index (κ1) is 22.6. The predicted molar refractivity (Wildman–Crippen MR) is 126 cm³/mol. The van der Waals surface area contributed by atoms with Gasteiger partial charge >= 0.3 is 5.97 Å². The number of hydrogen-bond acceptors (Lipinski definition) is 7. The zero-order valence-corrected chi connectivity index (χ0v) is 19.2. The molecule has 1 aromatic carbocycles. The lowest BCUT2D eigenvalue weighted by Crippen LogP contribution is -2.17. The van der Waals surface area contributed by atoms with Crippen molar-refractivity contribution in [3.8, 4) is 0 Å². The minimum atomic E-state index is -0.940. The van der Waals surface area contributed by atoms with E-state index >= 15 is 0 Å². The van der Waals surface area contributed by atoms with Crippen molar-refractivity contribution in [2.75, 3.05) is 0 Å². The molecule has 0 spiro atoms. The number of Topliss-reactive ketones (excluding diaryl/α,β-unsaturated/α-hetero) is 2. The van der Waals surface area contributed by atoms with Crippen molar-refractivity contribution in [2.45, 2.75) is 55.6 Å². The largest absolute Gasteiger partial charge is 0.481 e. The molecule has 8 heteroatoms. The summed E-state index contributed by atoms with van der Waals surface area (Å²) in [6.45, 7) is 0. The van der Waals surface area contributed by atoms with Crippen LogP contribution in [0, 0.1) is 5.92 Å². The maximum absolute atomic E-state index is 13.1. The molecule has 0 saturated heterocycles. The third kappa shape index (κ3) is 5.81. The zero-order valence-electron chi connectivity index (χ0n) is 17.6. The number of allylic oxidation sites excluding steroid dienone is 1. The van der Waals surface area contributed by atoms with Gasteiger partial charge in [0.1, 0.15) is 10.8 Å². The van der Waals surface area contributed by atoms with Crippen molar-refractivity contribution in [1.29, 1.82) is 0 Å². The molecule has 1 aromatic heterocycles. The average molecular weight is 469 g/mol. The van der Waals surface area contributed by atoms with Crippen LogP contribution in [0.25, 0.3) is 0 Å². The fraction of sp³-hybridized carbons (Fsp3) is 0.375. The van der Waals surface area contributed by atoms with E-state index in [1.807, 2.05) is 6.08 Å². The third-order valence-corrected chi connectivity index (χ3v) is 7.73. The lowest BCUT2D eigenvalue weighted by Gasteiger charge is -2.14. The molecule has 166 valence electrons. The number of carboxylic acids is 1. The summed E-state index contributed by atoms with van der Waals surface area (Å²) in [5, 5.41) is 10.9. The van der Waals surface area contributed by atoms with Gasteiger partial charge in [0.15, 0.2) is 5.78 Å². The second kappa shape index (κ2) is 10.4. The number of nitrogens with zero attached hydrogens (tertiary/aromatic N) is 2. The maximum Gasteiger partial charge on any atom is 0.307 e. The van der Waals surface area contributed by atoms with Crippen LogP contribution in [-0.4, -0.2) is 32.7 Å². The highest BCUT2D eigenvalue weighted by molar-refractivity contribution is 8.15. The molecule has 6 nitrogen and oxygen atoms in total. The van der Waals surface area contributed by atoms with E-state index in [1.54, 1.807) is 42.4 Å². The molecule has 0 atom stereocenters. The third-order valence-electron chi connectivity index (χ3n) is 5.62.